The molecule has 1 atom stereocenters. The third kappa shape index (κ3) is 4.43. The van der Waals surface area contributed by atoms with Crippen molar-refractivity contribution in [3.8, 4) is 11.5 Å². The number of phenolic OH excluding ortho intramolecular Hbond substituents is 1. The minimum atomic E-state index is -0.550. The first-order chi connectivity index (χ1) is 15.8. The van der Waals surface area contributed by atoms with E-state index in [1.165, 1.54) is 4.57 Å². The molecule has 0 aliphatic heterocycles. The molecule has 6 nitrogen and oxygen atoms in total. The van der Waals surface area contributed by atoms with Crippen LogP contribution in [0.15, 0.2) is 71.5 Å². The quantitative estimate of drug-likeness (QED) is 0.266. The van der Waals surface area contributed by atoms with Crippen LogP contribution in [-0.4, -0.2) is 20.6 Å². The first-order valence-corrected chi connectivity index (χ1v) is 10.8. The van der Waals surface area contributed by atoms with Crippen molar-refractivity contribution in [3.63, 3.8) is 0 Å². The molecule has 1 heterocycles. The zero-order chi connectivity index (χ0) is 23.7. The van der Waals surface area contributed by atoms with E-state index in [-0.39, 0.29) is 23.5 Å². The van der Waals surface area contributed by atoms with Gasteiger partial charge < -0.3 is 20.1 Å². The molecule has 0 aliphatic carbocycles. The van der Waals surface area contributed by atoms with Crippen LogP contribution in [0, 0.1) is 6.92 Å². The summed E-state index contributed by atoms with van der Waals surface area (Å²) in [5.74, 6) is -0.625. The van der Waals surface area contributed by atoms with Crippen LogP contribution in [0.5, 0.6) is 11.5 Å². The first kappa shape index (κ1) is 22.4. The molecule has 0 aliphatic rings. The molecule has 7 heteroatoms. The number of benzene rings is 3. The maximum atomic E-state index is 13.4. The molecule has 0 fully saturated rings. The van der Waals surface area contributed by atoms with Crippen LogP contribution in [0.3, 0.4) is 0 Å². The largest absolute Gasteiger partial charge is 0.508 e. The Morgan fingerprint density at radius 2 is 1.76 bits per heavy atom. The van der Waals surface area contributed by atoms with Crippen molar-refractivity contribution >= 4 is 34.0 Å². The molecular weight excluding hydrogens is 440 g/mol. The number of aryl methyl sites for hydroxylation is 2. The molecule has 3 N–H and O–H groups in total. The number of pyridine rings is 1. The number of aromatic hydroxyl groups is 2. The van der Waals surface area contributed by atoms with Crippen molar-refractivity contribution in [3.05, 3.63) is 98.8 Å². The fourth-order valence-corrected chi connectivity index (χ4v) is 4.04. The lowest BCUT2D eigenvalue weighted by Gasteiger charge is -2.21. The second kappa shape index (κ2) is 9.00. The van der Waals surface area contributed by atoms with Crippen LogP contribution in [-0.2, 0) is 7.05 Å². The van der Waals surface area contributed by atoms with Gasteiger partial charge in [0.15, 0.2) is 5.78 Å². The molecular formula is C26H23ClN2O4. The van der Waals surface area contributed by atoms with Gasteiger partial charge in [-0.25, -0.2) is 0 Å². The van der Waals surface area contributed by atoms with Gasteiger partial charge in [-0.1, -0.05) is 35.9 Å². The fraction of sp³-hybridized carbons (Fsp3) is 0.154. The lowest BCUT2D eigenvalue weighted by Crippen LogP contribution is -2.26. The summed E-state index contributed by atoms with van der Waals surface area (Å²) in [6.45, 7) is 1.78. The summed E-state index contributed by atoms with van der Waals surface area (Å²) in [5, 5.41) is 24.9. The molecule has 33 heavy (non-hydrogen) atoms. The van der Waals surface area contributed by atoms with E-state index in [4.69, 9.17) is 11.6 Å². The Hall–Kier alpha value is -3.77. The van der Waals surface area contributed by atoms with Gasteiger partial charge in [-0.2, -0.15) is 0 Å². The molecule has 0 radical (unpaired) electrons. The van der Waals surface area contributed by atoms with Crippen LogP contribution in [0.2, 0.25) is 5.02 Å². The second-order valence-corrected chi connectivity index (χ2v) is 8.42. The molecule has 0 saturated carbocycles. The molecule has 4 rings (SSSR count). The summed E-state index contributed by atoms with van der Waals surface area (Å²) in [7, 11) is 1.58. The third-order valence-electron chi connectivity index (χ3n) is 5.75. The number of aromatic nitrogens is 1. The third-order valence-corrected chi connectivity index (χ3v) is 6.01. The summed E-state index contributed by atoms with van der Waals surface area (Å²) < 4.78 is 1.37. The predicted molar refractivity (Wildman–Crippen MR) is 130 cm³/mol. The minimum Gasteiger partial charge on any atom is -0.508 e. The van der Waals surface area contributed by atoms with Crippen molar-refractivity contribution in [1.29, 1.82) is 0 Å². The van der Waals surface area contributed by atoms with E-state index in [9.17, 15) is 19.8 Å². The predicted octanol–water partition coefficient (Wildman–Crippen LogP) is 5.34. The topological polar surface area (TPSA) is 91.6 Å². The number of fused-ring (bicyclic) bond motifs is 1. The number of hydrogen-bond acceptors (Lipinski definition) is 5. The highest BCUT2D eigenvalue weighted by Gasteiger charge is 2.25. The number of Topliss-reactive ketones (excluding diaryl/α,β-unsaturated/α-hetero) is 1. The lowest BCUT2D eigenvalue weighted by atomic mass is 9.96. The van der Waals surface area contributed by atoms with Crippen molar-refractivity contribution in [1.82, 2.24) is 4.57 Å². The maximum absolute atomic E-state index is 13.4. The van der Waals surface area contributed by atoms with Gasteiger partial charge in [0, 0.05) is 29.6 Å². The van der Waals surface area contributed by atoms with E-state index in [2.05, 4.69) is 5.32 Å². The van der Waals surface area contributed by atoms with Crippen LogP contribution < -0.4 is 10.9 Å². The highest BCUT2D eigenvalue weighted by Crippen LogP contribution is 2.31. The van der Waals surface area contributed by atoms with Crippen LogP contribution in [0.25, 0.3) is 10.9 Å². The monoisotopic (exact) mass is 462 g/mol. The number of hydrogen-bond donors (Lipinski definition) is 3. The van der Waals surface area contributed by atoms with E-state index in [1.54, 1.807) is 80.7 Å². The number of rotatable bonds is 6. The highest BCUT2D eigenvalue weighted by atomic mass is 35.5. The van der Waals surface area contributed by atoms with Gasteiger partial charge in [-0.3, -0.25) is 9.59 Å². The number of nitrogens with zero attached hydrogens (tertiary/aromatic N) is 1. The molecule has 0 spiro atoms. The number of phenols is 1. The Morgan fingerprint density at radius 1 is 1.06 bits per heavy atom. The smallest absolute Gasteiger partial charge is 0.265 e. The molecule has 168 valence electrons. The maximum Gasteiger partial charge on any atom is 0.265 e. The zero-order valence-electron chi connectivity index (χ0n) is 18.2. The average molecular weight is 463 g/mol. The van der Waals surface area contributed by atoms with Gasteiger partial charge in [0.2, 0.25) is 0 Å². The van der Waals surface area contributed by atoms with Gasteiger partial charge in [0.25, 0.3) is 5.56 Å². The fourth-order valence-electron chi connectivity index (χ4n) is 3.91. The molecule has 4 aromatic rings. The summed E-state index contributed by atoms with van der Waals surface area (Å²) in [5.41, 5.74) is 1.93. The number of nitrogens with one attached hydrogen (secondary N) is 1. The second-order valence-electron chi connectivity index (χ2n) is 7.98. The molecule has 0 saturated heterocycles. The Balaban J connectivity index is 1.74. The Morgan fingerprint density at radius 3 is 2.45 bits per heavy atom. The van der Waals surface area contributed by atoms with Gasteiger partial charge in [-0.15, -0.1) is 0 Å². The van der Waals surface area contributed by atoms with E-state index in [0.29, 0.717) is 27.2 Å². The Bertz CT molecular complexity index is 1410. The number of anilines is 1. The molecule has 1 aromatic heterocycles. The Kier molecular flexibility index (Phi) is 6.11. The number of para-hydroxylation sites is 1. The van der Waals surface area contributed by atoms with Gasteiger partial charge >= 0.3 is 0 Å². The lowest BCUT2D eigenvalue weighted by molar-refractivity contribution is 0.0972. The van der Waals surface area contributed by atoms with Gasteiger partial charge in [-0.05, 0) is 60.5 Å². The molecule has 0 bridgehead atoms. The van der Waals surface area contributed by atoms with E-state index >= 15 is 0 Å². The average Bonchev–Trinajstić information content (AvgIpc) is 2.80. The summed E-state index contributed by atoms with van der Waals surface area (Å²) in [6, 6.07) is 18.5. The highest BCUT2D eigenvalue weighted by molar-refractivity contribution is 6.30. The van der Waals surface area contributed by atoms with Crippen molar-refractivity contribution in [2.45, 2.75) is 19.4 Å². The van der Waals surface area contributed by atoms with Crippen molar-refractivity contribution in [2.24, 2.45) is 7.05 Å². The van der Waals surface area contributed by atoms with Crippen LogP contribution in [0.4, 0.5) is 5.69 Å². The summed E-state index contributed by atoms with van der Waals surface area (Å²) in [6.07, 6.45) is -0.0807. The van der Waals surface area contributed by atoms with E-state index in [0.717, 1.165) is 5.56 Å². The van der Waals surface area contributed by atoms with Crippen molar-refractivity contribution < 1.29 is 15.0 Å². The Labute approximate surface area is 195 Å². The molecule has 1 unspecified atom stereocenters. The normalized spacial score (nSPS) is 12.0. The van der Waals surface area contributed by atoms with Gasteiger partial charge in [0.1, 0.15) is 17.1 Å². The van der Waals surface area contributed by atoms with Crippen molar-refractivity contribution in [2.75, 3.05) is 5.32 Å². The zero-order valence-corrected chi connectivity index (χ0v) is 18.9. The standard InChI is InChI=1S/C26H23ClN2O4/c1-15-13-18(11-12-22(15)30)28-20(16-7-9-17(27)10-8-16)14-23(31)24-25(32)19-5-3-4-6-21(19)29(2)26(24)33/h3-13,20,28,30,32H,14H2,1-2H3. The van der Waals surface area contributed by atoms with Gasteiger partial charge in [0.05, 0.1) is 11.6 Å². The molecule has 0 amide bonds. The van der Waals surface area contributed by atoms with Crippen LogP contribution in [0.1, 0.15) is 33.9 Å². The summed E-state index contributed by atoms with van der Waals surface area (Å²) in [4.78, 5) is 26.3. The van der Waals surface area contributed by atoms with Crippen LogP contribution >= 0.6 is 11.6 Å². The minimum absolute atomic E-state index is 0.0807. The van der Waals surface area contributed by atoms with E-state index in [1.807, 2.05) is 0 Å². The first-order valence-electron chi connectivity index (χ1n) is 10.4. The van der Waals surface area contributed by atoms with E-state index < -0.39 is 17.4 Å². The number of carbonyl (C=O) groups is 1. The SMILES string of the molecule is Cc1cc(NC(CC(=O)c2c(O)c3ccccc3n(C)c2=O)c2ccc(Cl)cc2)ccc1O. The number of ketones is 1. The number of carbonyl (C=O) groups excluding carboxylic acids is 1. The molecule has 3 aromatic carbocycles. The summed E-state index contributed by atoms with van der Waals surface area (Å²) >= 11 is 6.04. The number of halogens is 1.